The van der Waals surface area contributed by atoms with Crippen LogP contribution in [0.15, 0.2) is 30.3 Å². The first-order chi connectivity index (χ1) is 10.7. The average molecular weight is 297 g/mol. The van der Waals surface area contributed by atoms with Crippen molar-refractivity contribution in [2.24, 2.45) is 0 Å². The van der Waals surface area contributed by atoms with E-state index in [1.807, 2.05) is 0 Å². The summed E-state index contributed by atoms with van der Waals surface area (Å²) in [6.07, 6.45) is 2.82. The molecule has 1 fully saturated rings. The molecule has 0 radical (unpaired) electrons. The van der Waals surface area contributed by atoms with Gasteiger partial charge in [-0.2, -0.15) is 10.4 Å². The van der Waals surface area contributed by atoms with E-state index in [1.54, 1.807) is 35.2 Å². The van der Waals surface area contributed by atoms with Gasteiger partial charge in [-0.3, -0.25) is 9.89 Å². The molecule has 3 rings (SSSR count). The molecular formula is C15H15N5O2. The van der Waals surface area contributed by atoms with E-state index in [-0.39, 0.29) is 17.7 Å². The van der Waals surface area contributed by atoms with E-state index in [4.69, 9.17) is 5.26 Å². The summed E-state index contributed by atoms with van der Waals surface area (Å²) in [4.78, 5) is 13.8. The van der Waals surface area contributed by atoms with Gasteiger partial charge in [0.05, 0.1) is 5.69 Å². The van der Waals surface area contributed by atoms with Gasteiger partial charge < -0.3 is 15.3 Å². The maximum Gasteiger partial charge on any atom is 0.269 e. The number of hydrogen-bond donors (Lipinski definition) is 3. The van der Waals surface area contributed by atoms with Crippen molar-refractivity contribution in [2.45, 2.75) is 12.5 Å². The number of nitrogens with one attached hydrogen (secondary N) is 2. The minimum Gasteiger partial charge on any atom is -0.507 e. The zero-order valence-corrected chi connectivity index (χ0v) is 11.8. The molecule has 7 nitrogen and oxygen atoms in total. The number of benzene rings is 1. The Kier molecular flexibility index (Phi) is 3.66. The van der Waals surface area contributed by atoms with Gasteiger partial charge in [0.2, 0.25) is 0 Å². The summed E-state index contributed by atoms with van der Waals surface area (Å²) in [5.41, 5.74) is 1.40. The molecule has 0 spiro atoms. The summed E-state index contributed by atoms with van der Waals surface area (Å²) in [7, 11) is 0. The van der Waals surface area contributed by atoms with E-state index in [0.717, 1.165) is 6.42 Å². The molecule has 1 saturated heterocycles. The van der Waals surface area contributed by atoms with E-state index >= 15 is 0 Å². The van der Waals surface area contributed by atoms with Gasteiger partial charge in [0.25, 0.3) is 5.91 Å². The number of likely N-dealkylation sites (tertiary alicyclic amines) is 1. The third-order valence-corrected chi connectivity index (χ3v) is 3.67. The summed E-state index contributed by atoms with van der Waals surface area (Å²) in [5, 5.41) is 28.2. The summed E-state index contributed by atoms with van der Waals surface area (Å²) < 4.78 is 0. The fraction of sp³-hybridized carbons (Fsp3) is 0.267. The second-order valence-corrected chi connectivity index (χ2v) is 5.19. The van der Waals surface area contributed by atoms with Crippen LogP contribution in [0.4, 0.5) is 0 Å². The van der Waals surface area contributed by atoms with Gasteiger partial charge in [0.15, 0.2) is 6.19 Å². The normalized spacial score (nSPS) is 17.2. The summed E-state index contributed by atoms with van der Waals surface area (Å²) >= 11 is 0. The van der Waals surface area contributed by atoms with Crippen molar-refractivity contribution in [3.05, 3.63) is 36.0 Å². The Bertz CT molecular complexity index is 734. The second-order valence-electron chi connectivity index (χ2n) is 5.19. The van der Waals surface area contributed by atoms with E-state index < -0.39 is 0 Å². The number of hydrogen-bond acceptors (Lipinski definition) is 5. The third kappa shape index (κ3) is 2.72. The van der Waals surface area contributed by atoms with Gasteiger partial charge in [0, 0.05) is 24.7 Å². The highest BCUT2D eigenvalue weighted by atomic mass is 16.3. The lowest BCUT2D eigenvalue weighted by molar-refractivity contribution is 0.0933. The van der Waals surface area contributed by atoms with Crippen LogP contribution in [0.2, 0.25) is 0 Å². The topological polar surface area (TPSA) is 105 Å². The summed E-state index contributed by atoms with van der Waals surface area (Å²) in [6, 6.07) is 8.37. The van der Waals surface area contributed by atoms with Gasteiger partial charge in [-0.05, 0) is 24.6 Å². The number of rotatable bonds is 3. The van der Waals surface area contributed by atoms with E-state index in [2.05, 4.69) is 21.7 Å². The number of nitriles is 1. The molecular weight excluding hydrogens is 282 g/mol. The number of H-pyrrole nitrogens is 1. The van der Waals surface area contributed by atoms with Crippen LogP contribution in [-0.4, -0.2) is 45.2 Å². The smallest absolute Gasteiger partial charge is 0.269 e. The highest BCUT2D eigenvalue weighted by Crippen LogP contribution is 2.27. The van der Waals surface area contributed by atoms with Crippen molar-refractivity contribution >= 4 is 5.91 Å². The molecule has 0 aliphatic carbocycles. The van der Waals surface area contributed by atoms with Crippen molar-refractivity contribution in [2.75, 3.05) is 13.1 Å². The quantitative estimate of drug-likeness (QED) is 0.735. The minimum atomic E-state index is -0.265. The Morgan fingerprint density at radius 1 is 1.50 bits per heavy atom. The Morgan fingerprint density at radius 2 is 2.32 bits per heavy atom. The van der Waals surface area contributed by atoms with Crippen LogP contribution in [0.1, 0.15) is 16.9 Å². The van der Waals surface area contributed by atoms with Gasteiger partial charge in [-0.15, -0.1) is 0 Å². The van der Waals surface area contributed by atoms with E-state index in [0.29, 0.717) is 30.0 Å². The largest absolute Gasteiger partial charge is 0.507 e. The first kappa shape index (κ1) is 13.9. The van der Waals surface area contributed by atoms with Crippen LogP contribution < -0.4 is 5.32 Å². The monoisotopic (exact) mass is 297 g/mol. The molecule has 112 valence electrons. The van der Waals surface area contributed by atoms with Gasteiger partial charge >= 0.3 is 0 Å². The first-order valence-electron chi connectivity index (χ1n) is 6.96. The molecule has 2 aromatic rings. The van der Waals surface area contributed by atoms with Crippen molar-refractivity contribution in [3.8, 4) is 23.2 Å². The number of phenolic OH excluding ortho intramolecular Hbond substituents is 1. The molecule has 1 amide bonds. The highest BCUT2D eigenvalue weighted by Gasteiger charge is 2.24. The molecule has 2 heterocycles. The molecule has 1 unspecified atom stereocenters. The zero-order valence-electron chi connectivity index (χ0n) is 11.8. The molecule has 1 aliphatic heterocycles. The number of nitrogens with zero attached hydrogens (tertiary/aromatic N) is 3. The lowest BCUT2D eigenvalue weighted by atomic mass is 10.1. The standard InChI is InChI=1S/C15H15N5O2/c16-9-20-6-5-10(8-20)17-15(22)13-7-12(18-19-13)11-3-1-2-4-14(11)21/h1-4,7,10,21H,5-6,8H2,(H,17,22)(H,18,19). The molecule has 0 saturated carbocycles. The highest BCUT2D eigenvalue weighted by molar-refractivity contribution is 5.93. The van der Waals surface area contributed by atoms with Crippen molar-refractivity contribution in [1.82, 2.24) is 20.4 Å². The third-order valence-electron chi connectivity index (χ3n) is 3.67. The minimum absolute atomic E-state index is 0.0379. The molecule has 1 aliphatic rings. The van der Waals surface area contributed by atoms with Gasteiger partial charge in [-0.1, -0.05) is 12.1 Å². The lowest BCUT2D eigenvalue weighted by Crippen LogP contribution is -2.36. The van der Waals surface area contributed by atoms with E-state index in [1.165, 1.54) is 0 Å². The Labute approximate surface area is 127 Å². The zero-order chi connectivity index (χ0) is 15.5. The van der Waals surface area contributed by atoms with Crippen molar-refractivity contribution in [3.63, 3.8) is 0 Å². The van der Waals surface area contributed by atoms with Crippen LogP contribution in [0.25, 0.3) is 11.3 Å². The number of phenols is 1. The Morgan fingerprint density at radius 3 is 3.05 bits per heavy atom. The van der Waals surface area contributed by atoms with Crippen molar-refractivity contribution in [1.29, 1.82) is 5.26 Å². The molecule has 1 aromatic carbocycles. The summed E-state index contributed by atoms with van der Waals surface area (Å²) in [6.45, 7) is 1.19. The maximum atomic E-state index is 12.2. The number of aromatic hydroxyl groups is 1. The predicted octanol–water partition coefficient (Wildman–Crippen LogP) is 1.07. The lowest BCUT2D eigenvalue weighted by Gasteiger charge is -2.10. The second kappa shape index (κ2) is 5.77. The molecule has 22 heavy (non-hydrogen) atoms. The van der Waals surface area contributed by atoms with Crippen LogP contribution in [0, 0.1) is 11.5 Å². The van der Waals surface area contributed by atoms with Gasteiger partial charge in [-0.25, -0.2) is 0 Å². The molecule has 7 heteroatoms. The Hall–Kier alpha value is -3.01. The summed E-state index contributed by atoms with van der Waals surface area (Å²) in [5.74, 6) is -0.152. The fourth-order valence-electron chi connectivity index (χ4n) is 2.50. The first-order valence-corrected chi connectivity index (χ1v) is 6.96. The van der Waals surface area contributed by atoms with Gasteiger partial charge in [0.1, 0.15) is 11.4 Å². The number of amides is 1. The number of para-hydroxylation sites is 1. The van der Waals surface area contributed by atoms with Crippen molar-refractivity contribution < 1.29 is 9.90 Å². The number of carbonyl (C=O) groups excluding carboxylic acids is 1. The molecule has 3 N–H and O–H groups in total. The van der Waals surface area contributed by atoms with Crippen LogP contribution in [0.3, 0.4) is 0 Å². The average Bonchev–Trinajstić information content (AvgIpc) is 3.16. The molecule has 0 bridgehead atoms. The number of aromatic nitrogens is 2. The SMILES string of the molecule is N#CN1CCC(NC(=O)c2cc(-c3ccccc3O)n[nH]2)C1. The van der Waals surface area contributed by atoms with Crippen LogP contribution in [-0.2, 0) is 0 Å². The number of carbonyl (C=O) groups is 1. The Balaban J connectivity index is 1.70. The van der Waals surface area contributed by atoms with Crippen LogP contribution >= 0.6 is 0 Å². The molecule has 1 atom stereocenters. The predicted molar refractivity (Wildman–Crippen MR) is 78.7 cm³/mol. The van der Waals surface area contributed by atoms with Crippen LogP contribution in [0.5, 0.6) is 5.75 Å². The number of aromatic amines is 1. The molecule has 1 aromatic heterocycles. The fourth-order valence-corrected chi connectivity index (χ4v) is 2.50. The van der Waals surface area contributed by atoms with E-state index in [9.17, 15) is 9.90 Å². The maximum absolute atomic E-state index is 12.2.